The molecule has 9 aromatic carbocycles. The van der Waals surface area contributed by atoms with E-state index in [0.717, 1.165) is 79.7 Å². The van der Waals surface area contributed by atoms with Crippen molar-refractivity contribution in [3.8, 4) is 11.4 Å². The van der Waals surface area contributed by atoms with Crippen molar-refractivity contribution >= 4 is 43.6 Å². The van der Waals surface area contributed by atoms with Crippen LogP contribution in [-0.2, 0) is 21.7 Å². The molecule has 0 spiro atoms. The van der Waals surface area contributed by atoms with Crippen molar-refractivity contribution in [2.24, 2.45) is 35.5 Å². The summed E-state index contributed by atoms with van der Waals surface area (Å²) < 4.78 is 4.91. The van der Waals surface area contributed by atoms with Crippen molar-refractivity contribution in [2.45, 2.75) is 98.7 Å². The molecule has 2 aromatic heterocycles. The predicted molar refractivity (Wildman–Crippen MR) is 331 cm³/mol. The molecule has 0 N–H and O–H groups in total. The second-order valence-electron chi connectivity index (χ2n) is 27.4. The molecule has 0 unspecified atom stereocenters. The molecule has 2 aliphatic heterocycles. The number of rotatable bonds is 6. The first-order chi connectivity index (χ1) is 40.3. The number of hydrogen-bond donors (Lipinski definition) is 0. The number of para-hydroxylation sites is 2. The standard InChI is InChI=1S/C78H64N2O2/c81-73-59-39-60-70(80-68-28-16-14-26-64(68)78(55-21-9-3-10-22-55,56-23-11-4-12-24-56)66-38-58(36-62(72(66)80)74(60)82)76-44-50-32-51(45-76)34-52(33-50)46-76)40-69(59)79-67-27-15-13-25-63(67)77(53-17-5-1-6-18-53,54-19-7-2-8-20-54)65-37-57(35-61(73)71(65)79)75-41-47-29-48(42-75)31-49(30-47)43-75/h1-28,35-40,47-52H,29-34,41-46H2. The van der Waals surface area contributed by atoms with Crippen LogP contribution in [0.4, 0.5) is 0 Å². The van der Waals surface area contributed by atoms with Gasteiger partial charge in [0.05, 0.1) is 44.3 Å². The Morgan fingerprint density at radius 3 is 0.927 bits per heavy atom. The lowest BCUT2D eigenvalue weighted by Crippen LogP contribution is -2.48. The summed E-state index contributed by atoms with van der Waals surface area (Å²) in [5.74, 6) is 4.39. The van der Waals surface area contributed by atoms with E-state index in [1.165, 1.54) is 133 Å². The van der Waals surface area contributed by atoms with Crippen LogP contribution in [0.2, 0.25) is 0 Å². The van der Waals surface area contributed by atoms with E-state index in [2.05, 4.69) is 209 Å². The molecule has 0 atom stereocenters. The molecule has 8 bridgehead atoms. The van der Waals surface area contributed by atoms with Crippen molar-refractivity contribution in [2.75, 3.05) is 0 Å². The van der Waals surface area contributed by atoms with Gasteiger partial charge in [0, 0.05) is 21.5 Å². The fraction of sp³-hybridized carbons (Fsp3) is 0.282. The van der Waals surface area contributed by atoms with Crippen molar-refractivity contribution in [1.82, 2.24) is 9.13 Å². The maximum atomic E-state index is 16.6. The summed E-state index contributed by atoms with van der Waals surface area (Å²) in [6, 6.07) is 76.8. The van der Waals surface area contributed by atoms with Crippen LogP contribution >= 0.6 is 0 Å². The topological polar surface area (TPSA) is 44.0 Å². The molecule has 4 heteroatoms. The quantitative estimate of drug-likeness (QED) is 0.156. The molecule has 8 saturated carbocycles. The number of aromatic nitrogens is 2. The third-order valence-corrected chi connectivity index (χ3v) is 23.3. The fourth-order valence-corrected chi connectivity index (χ4v) is 21.1. The highest BCUT2D eigenvalue weighted by Gasteiger charge is 2.55. The fourth-order valence-electron chi connectivity index (χ4n) is 21.1. The van der Waals surface area contributed by atoms with Crippen LogP contribution in [0.5, 0.6) is 0 Å². The van der Waals surface area contributed by atoms with Crippen LogP contribution in [0.1, 0.15) is 133 Å². The van der Waals surface area contributed by atoms with E-state index in [9.17, 15) is 0 Å². The van der Waals surface area contributed by atoms with E-state index in [-0.39, 0.29) is 21.7 Å². The van der Waals surface area contributed by atoms with Gasteiger partial charge in [0.25, 0.3) is 0 Å². The monoisotopic (exact) mass is 1060 g/mol. The molecule has 398 valence electrons. The molecule has 21 rings (SSSR count). The van der Waals surface area contributed by atoms with Gasteiger partial charge >= 0.3 is 0 Å². The minimum atomic E-state index is -0.744. The van der Waals surface area contributed by atoms with Crippen molar-refractivity contribution < 1.29 is 0 Å². The van der Waals surface area contributed by atoms with E-state index >= 15 is 9.59 Å². The smallest absolute Gasteiger partial charge is 0.197 e. The second-order valence-corrected chi connectivity index (χ2v) is 27.4. The van der Waals surface area contributed by atoms with Crippen molar-refractivity contribution in [3.05, 3.63) is 282 Å². The Morgan fingerprint density at radius 1 is 0.293 bits per heavy atom. The first-order valence-corrected chi connectivity index (χ1v) is 31.0. The highest BCUT2D eigenvalue weighted by molar-refractivity contribution is 6.09. The number of pyridine rings is 2. The van der Waals surface area contributed by atoms with E-state index in [4.69, 9.17) is 0 Å². The van der Waals surface area contributed by atoms with Crippen LogP contribution in [0.15, 0.2) is 216 Å². The van der Waals surface area contributed by atoms with Gasteiger partial charge in [-0.15, -0.1) is 0 Å². The zero-order valence-electron chi connectivity index (χ0n) is 46.3. The largest absolute Gasteiger partial charge is 0.308 e. The molecule has 0 radical (unpaired) electrons. The molecule has 4 nitrogen and oxygen atoms in total. The van der Waals surface area contributed by atoms with Gasteiger partial charge in [0.15, 0.2) is 10.9 Å². The van der Waals surface area contributed by atoms with Crippen LogP contribution in [-0.4, -0.2) is 9.13 Å². The molecule has 0 amide bonds. The van der Waals surface area contributed by atoms with Gasteiger partial charge in [-0.2, -0.15) is 0 Å². The maximum Gasteiger partial charge on any atom is 0.197 e. The van der Waals surface area contributed by atoms with Gasteiger partial charge in [0.1, 0.15) is 0 Å². The molecule has 11 aromatic rings. The first-order valence-electron chi connectivity index (χ1n) is 31.0. The average Bonchev–Trinajstić information content (AvgIpc) is 2.52. The summed E-state index contributed by atoms with van der Waals surface area (Å²) in [4.78, 5) is 33.3. The second kappa shape index (κ2) is 16.3. The van der Waals surface area contributed by atoms with Gasteiger partial charge in [0.2, 0.25) is 0 Å². The van der Waals surface area contributed by atoms with E-state index in [1.54, 1.807) is 0 Å². The maximum absolute atomic E-state index is 16.6. The number of fused-ring (bicyclic) bond motifs is 8. The Morgan fingerprint density at radius 2 is 0.598 bits per heavy atom. The van der Waals surface area contributed by atoms with Crippen LogP contribution in [0.25, 0.3) is 55.0 Å². The summed E-state index contributed by atoms with van der Waals surface area (Å²) in [6.07, 6.45) is 15.2. The summed E-state index contributed by atoms with van der Waals surface area (Å²) in [5.41, 5.74) is 16.4. The first kappa shape index (κ1) is 46.5. The lowest BCUT2D eigenvalue weighted by atomic mass is 9.47. The van der Waals surface area contributed by atoms with E-state index < -0.39 is 10.8 Å². The molecule has 4 heterocycles. The third kappa shape index (κ3) is 5.89. The zero-order chi connectivity index (χ0) is 53.8. The number of hydrogen-bond acceptors (Lipinski definition) is 2. The third-order valence-electron chi connectivity index (χ3n) is 23.3. The van der Waals surface area contributed by atoms with E-state index in [1.807, 2.05) is 6.07 Å². The Balaban J connectivity index is 0.991. The minimum absolute atomic E-state index is 0.0131. The summed E-state index contributed by atoms with van der Waals surface area (Å²) in [5, 5.41) is 2.72. The minimum Gasteiger partial charge on any atom is -0.308 e. The highest BCUT2D eigenvalue weighted by Crippen LogP contribution is 2.65. The van der Waals surface area contributed by atoms with Crippen molar-refractivity contribution in [3.63, 3.8) is 0 Å². The van der Waals surface area contributed by atoms with Crippen molar-refractivity contribution in [1.29, 1.82) is 0 Å². The number of nitrogens with zero attached hydrogens (tertiary/aromatic N) is 2. The Labute approximate surface area is 478 Å². The molecular formula is C78H64N2O2. The molecule has 8 fully saturated rings. The summed E-state index contributed by atoms with van der Waals surface area (Å²) in [6.45, 7) is 0. The van der Waals surface area contributed by atoms with E-state index in [0.29, 0.717) is 10.8 Å². The van der Waals surface area contributed by atoms with Gasteiger partial charge < -0.3 is 9.13 Å². The SMILES string of the molecule is O=c1c2cc3c(=O)c4cc(C56CC7CC(CC(C7)C5)C6)cc5c4n(c3cc2n2c3c(cc(C46CC7CC(CC(C7)C4)C6)cc13)C(c1ccccc1)(c1ccccc1)c1ccccc1-2)-c1ccccc1C5(c1ccccc1)c1ccccc1. The molecule has 8 aliphatic carbocycles. The highest BCUT2D eigenvalue weighted by atomic mass is 16.1. The van der Waals surface area contributed by atoms with Gasteiger partial charge in [-0.05, 0) is 215 Å². The zero-order valence-corrected chi connectivity index (χ0v) is 46.3. The Hall–Kier alpha value is -8.08. The van der Waals surface area contributed by atoms with Gasteiger partial charge in [-0.3, -0.25) is 9.59 Å². The lowest BCUT2D eigenvalue weighted by Gasteiger charge is -2.57. The van der Waals surface area contributed by atoms with Crippen LogP contribution in [0.3, 0.4) is 0 Å². The van der Waals surface area contributed by atoms with Crippen LogP contribution < -0.4 is 10.9 Å². The number of benzene rings is 9. The Bertz CT molecular complexity index is 4240. The lowest BCUT2D eigenvalue weighted by molar-refractivity contribution is -0.00529. The molecule has 82 heavy (non-hydrogen) atoms. The normalized spacial score (nSPS) is 27.1. The molecule has 10 aliphatic rings. The molecular weight excluding hydrogens is 997 g/mol. The predicted octanol–water partition coefficient (Wildman–Crippen LogP) is 16.9. The van der Waals surface area contributed by atoms with Gasteiger partial charge in [-0.1, -0.05) is 170 Å². The average molecular weight is 1060 g/mol. The Kier molecular flexibility index (Phi) is 9.27. The molecule has 0 saturated heterocycles. The summed E-state index contributed by atoms with van der Waals surface area (Å²) in [7, 11) is 0. The van der Waals surface area contributed by atoms with Crippen LogP contribution in [0, 0.1) is 35.5 Å². The van der Waals surface area contributed by atoms with Gasteiger partial charge in [-0.25, -0.2) is 0 Å². The summed E-state index contributed by atoms with van der Waals surface area (Å²) >= 11 is 0.